The first-order valence-electron chi connectivity index (χ1n) is 6.29. The predicted octanol–water partition coefficient (Wildman–Crippen LogP) is 0.325. The normalized spacial score (nSPS) is 11.4. The van der Waals surface area contributed by atoms with Crippen molar-refractivity contribution < 1.29 is 19.5 Å². The zero-order chi connectivity index (χ0) is 15.0. The Hall–Kier alpha value is -2.37. The molecule has 1 rings (SSSR count). The SMILES string of the molecule is CC(=O)NCC(=O)NC(CCc1ccccc1)C(=O)O. The van der Waals surface area contributed by atoms with Crippen LogP contribution in [0.4, 0.5) is 0 Å². The van der Waals surface area contributed by atoms with Crippen LogP contribution in [0.25, 0.3) is 0 Å². The van der Waals surface area contributed by atoms with Crippen molar-refractivity contribution in [2.45, 2.75) is 25.8 Å². The van der Waals surface area contributed by atoms with Gasteiger partial charge in [0.2, 0.25) is 11.8 Å². The number of hydrogen-bond acceptors (Lipinski definition) is 3. The van der Waals surface area contributed by atoms with E-state index in [4.69, 9.17) is 5.11 Å². The van der Waals surface area contributed by atoms with Crippen LogP contribution in [0.5, 0.6) is 0 Å². The van der Waals surface area contributed by atoms with E-state index in [0.29, 0.717) is 12.8 Å². The maximum Gasteiger partial charge on any atom is 0.326 e. The van der Waals surface area contributed by atoms with Crippen molar-refractivity contribution in [2.75, 3.05) is 6.54 Å². The number of carboxylic acid groups (broad SMARTS) is 1. The van der Waals surface area contributed by atoms with Gasteiger partial charge in [-0.15, -0.1) is 0 Å². The maximum atomic E-state index is 11.5. The van der Waals surface area contributed by atoms with E-state index in [1.54, 1.807) is 0 Å². The average Bonchev–Trinajstić information content (AvgIpc) is 2.42. The minimum absolute atomic E-state index is 0.218. The Balaban J connectivity index is 2.46. The summed E-state index contributed by atoms with van der Waals surface area (Å²) in [6.45, 7) is 1.07. The number of hydrogen-bond donors (Lipinski definition) is 3. The summed E-state index contributed by atoms with van der Waals surface area (Å²) in [5.41, 5.74) is 1.01. The smallest absolute Gasteiger partial charge is 0.326 e. The topological polar surface area (TPSA) is 95.5 Å². The molecule has 0 saturated heterocycles. The van der Waals surface area contributed by atoms with Gasteiger partial charge in [0.1, 0.15) is 6.04 Å². The molecular weight excluding hydrogens is 260 g/mol. The van der Waals surface area contributed by atoms with Crippen LogP contribution in [-0.4, -0.2) is 35.5 Å². The molecule has 20 heavy (non-hydrogen) atoms. The van der Waals surface area contributed by atoms with Gasteiger partial charge in [0.25, 0.3) is 0 Å². The Kier molecular flexibility index (Phi) is 6.22. The Labute approximate surface area is 117 Å². The molecule has 0 spiro atoms. The fraction of sp³-hybridized carbons (Fsp3) is 0.357. The highest BCUT2D eigenvalue weighted by Gasteiger charge is 2.19. The molecule has 2 amide bonds. The van der Waals surface area contributed by atoms with E-state index >= 15 is 0 Å². The van der Waals surface area contributed by atoms with Crippen LogP contribution in [0, 0.1) is 0 Å². The monoisotopic (exact) mass is 278 g/mol. The second-order valence-corrected chi connectivity index (χ2v) is 4.39. The zero-order valence-corrected chi connectivity index (χ0v) is 11.3. The van der Waals surface area contributed by atoms with Gasteiger partial charge < -0.3 is 15.7 Å². The molecule has 108 valence electrons. The minimum atomic E-state index is -1.09. The summed E-state index contributed by atoms with van der Waals surface area (Å²) in [6.07, 6.45) is 0.851. The lowest BCUT2D eigenvalue weighted by molar-refractivity contribution is -0.141. The molecule has 0 heterocycles. The van der Waals surface area contributed by atoms with Gasteiger partial charge in [-0.05, 0) is 18.4 Å². The van der Waals surface area contributed by atoms with E-state index in [2.05, 4.69) is 10.6 Å². The summed E-state index contributed by atoms with van der Waals surface area (Å²) < 4.78 is 0. The van der Waals surface area contributed by atoms with Crippen LogP contribution in [-0.2, 0) is 20.8 Å². The number of rotatable bonds is 7. The van der Waals surface area contributed by atoms with Gasteiger partial charge in [-0.2, -0.15) is 0 Å². The van der Waals surface area contributed by atoms with Crippen LogP contribution in [0.2, 0.25) is 0 Å². The lowest BCUT2D eigenvalue weighted by Crippen LogP contribution is -2.45. The molecule has 1 aromatic rings. The van der Waals surface area contributed by atoms with Crippen LogP contribution in [0.3, 0.4) is 0 Å². The van der Waals surface area contributed by atoms with Crippen molar-refractivity contribution in [2.24, 2.45) is 0 Å². The van der Waals surface area contributed by atoms with Gasteiger partial charge in [0.05, 0.1) is 6.54 Å². The molecule has 0 aliphatic carbocycles. The molecule has 0 aliphatic heterocycles. The summed E-state index contributed by atoms with van der Waals surface area (Å²) >= 11 is 0. The summed E-state index contributed by atoms with van der Waals surface area (Å²) in [7, 11) is 0. The van der Waals surface area contributed by atoms with Gasteiger partial charge in [-0.25, -0.2) is 4.79 Å². The Bertz CT molecular complexity index is 473. The lowest BCUT2D eigenvalue weighted by atomic mass is 10.1. The summed E-state index contributed by atoms with van der Waals surface area (Å²) in [4.78, 5) is 33.2. The number of carboxylic acids is 1. The Morgan fingerprint density at radius 3 is 2.40 bits per heavy atom. The number of aryl methyl sites for hydroxylation is 1. The molecular formula is C14H18N2O4. The fourth-order valence-electron chi connectivity index (χ4n) is 1.66. The molecule has 3 N–H and O–H groups in total. The summed E-state index contributed by atoms with van der Waals surface area (Å²) in [5.74, 6) is -1.94. The molecule has 0 fully saturated rings. The first-order chi connectivity index (χ1) is 9.49. The van der Waals surface area contributed by atoms with Gasteiger partial charge in [0.15, 0.2) is 0 Å². The third-order valence-corrected chi connectivity index (χ3v) is 2.70. The number of amides is 2. The molecule has 0 saturated carbocycles. The van der Waals surface area contributed by atoms with Crippen LogP contribution in [0.15, 0.2) is 30.3 Å². The minimum Gasteiger partial charge on any atom is -0.480 e. The number of carbonyl (C=O) groups is 3. The molecule has 0 aromatic heterocycles. The quantitative estimate of drug-likeness (QED) is 0.669. The van der Waals surface area contributed by atoms with E-state index in [1.807, 2.05) is 30.3 Å². The highest BCUT2D eigenvalue weighted by atomic mass is 16.4. The van der Waals surface area contributed by atoms with E-state index in [9.17, 15) is 14.4 Å². The van der Waals surface area contributed by atoms with Gasteiger partial charge >= 0.3 is 5.97 Å². The van der Waals surface area contributed by atoms with E-state index in [1.165, 1.54) is 6.92 Å². The van der Waals surface area contributed by atoms with Crippen molar-refractivity contribution in [3.8, 4) is 0 Å². The van der Waals surface area contributed by atoms with E-state index in [-0.39, 0.29) is 12.5 Å². The molecule has 6 heteroatoms. The number of nitrogens with one attached hydrogen (secondary N) is 2. The molecule has 1 atom stereocenters. The van der Waals surface area contributed by atoms with Gasteiger partial charge in [0, 0.05) is 6.92 Å². The molecule has 1 aromatic carbocycles. The third-order valence-electron chi connectivity index (χ3n) is 2.70. The largest absolute Gasteiger partial charge is 0.480 e. The highest BCUT2D eigenvalue weighted by Crippen LogP contribution is 2.05. The summed E-state index contributed by atoms with van der Waals surface area (Å²) in [5, 5.41) is 13.8. The highest BCUT2D eigenvalue weighted by molar-refractivity contribution is 5.87. The predicted molar refractivity (Wildman–Crippen MR) is 73.0 cm³/mol. The zero-order valence-electron chi connectivity index (χ0n) is 11.3. The molecule has 0 radical (unpaired) electrons. The number of benzene rings is 1. The van der Waals surface area contributed by atoms with Crippen molar-refractivity contribution in [1.29, 1.82) is 0 Å². The van der Waals surface area contributed by atoms with E-state index < -0.39 is 17.9 Å². The number of aliphatic carboxylic acids is 1. The van der Waals surface area contributed by atoms with Crippen molar-refractivity contribution in [3.05, 3.63) is 35.9 Å². The van der Waals surface area contributed by atoms with Gasteiger partial charge in [-0.3, -0.25) is 9.59 Å². The average molecular weight is 278 g/mol. The number of carbonyl (C=O) groups excluding carboxylic acids is 2. The molecule has 0 aliphatic rings. The first kappa shape index (κ1) is 15.7. The van der Waals surface area contributed by atoms with Crippen LogP contribution >= 0.6 is 0 Å². The Morgan fingerprint density at radius 2 is 1.85 bits per heavy atom. The maximum absolute atomic E-state index is 11.5. The van der Waals surface area contributed by atoms with Crippen molar-refractivity contribution in [1.82, 2.24) is 10.6 Å². The molecule has 1 unspecified atom stereocenters. The van der Waals surface area contributed by atoms with Gasteiger partial charge in [-0.1, -0.05) is 30.3 Å². The molecule has 6 nitrogen and oxygen atoms in total. The lowest BCUT2D eigenvalue weighted by Gasteiger charge is -2.14. The van der Waals surface area contributed by atoms with E-state index in [0.717, 1.165) is 5.56 Å². The first-order valence-corrected chi connectivity index (χ1v) is 6.29. The second-order valence-electron chi connectivity index (χ2n) is 4.39. The fourth-order valence-corrected chi connectivity index (χ4v) is 1.66. The summed E-state index contributed by atoms with van der Waals surface area (Å²) in [6, 6.07) is 8.47. The Morgan fingerprint density at radius 1 is 1.20 bits per heavy atom. The molecule has 0 bridgehead atoms. The second kappa shape index (κ2) is 7.93. The van der Waals surface area contributed by atoms with Crippen LogP contribution < -0.4 is 10.6 Å². The third kappa shape index (κ3) is 5.99. The van der Waals surface area contributed by atoms with Crippen molar-refractivity contribution >= 4 is 17.8 Å². The standard InChI is InChI=1S/C14H18N2O4/c1-10(17)15-9-13(18)16-12(14(19)20)8-7-11-5-3-2-4-6-11/h2-6,12H,7-9H2,1H3,(H,15,17)(H,16,18)(H,19,20). The van der Waals surface area contributed by atoms with Crippen LogP contribution in [0.1, 0.15) is 18.9 Å². The van der Waals surface area contributed by atoms with Crippen molar-refractivity contribution in [3.63, 3.8) is 0 Å².